The summed E-state index contributed by atoms with van der Waals surface area (Å²) < 4.78 is 51.6. The summed E-state index contributed by atoms with van der Waals surface area (Å²) in [5, 5.41) is 14.2. The summed E-state index contributed by atoms with van der Waals surface area (Å²) in [6.45, 7) is 0. The van der Waals surface area contributed by atoms with Crippen molar-refractivity contribution in [2.24, 2.45) is 0 Å². The number of rotatable bonds is 2. The number of aromatic nitrogens is 2. The number of carboxylic acid groups (broad SMARTS) is 1. The van der Waals surface area contributed by atoms with Crippen LogP contribution >= 0.6 is 0 Å². The zero-order valence-corrected chi connectivity index (χ0v) is 9.12. The molecule has 1 heterocycles. The smallest absolute Gasteiger partial charge is 0.419 e. The third kappa shape index (κ3) is 2.42. The molecule has 0 atom stereocenters. The number of hydrogen-bond acceptors (Lipinski definition) is 2. The lowest BCUT2D eigenvalue weighted by atomic mass is 10.0. The van der Waals surface area contributed by atoms with Gasteiger partial charge in [0.2, 0.25) is 0 Å². The van der Waals surface area contributed by atoms with Gasteiger partial charge >= 0.3 is 12.1 Å². The summed E-state index contributed by atoms with van der Waals surface area (Å²) in [6, 6.07) is 3.70. The second-order valence-electron chi connectivity index (χ2n) is 3.63. The van der Waals surface area contributed by atoms with E-state index in [4.69, 9.17) is 5.11 Å². The maximum Gasteiger partial charge on any atom is 0.419 e. The van der Waals surface area contributed by atoms with Crippen LogP contribution in [0.5, 0.6) is 0 Å². The highest BCUT2D eigenvalue weighted by atomic mass is 19.4. The van der Waals surface area contributed by atoms with E-state index in [0.717, 1.165) is 18.2 Å². The fraction of sp³-hybridized carbons (Fsp3) is 0.0909. The molecule has 4 nitrogen and oxygen atoms in total. The fourth-order valence-electron chi connectivity index (χ4n) is 1.59. The van der Waals surface area contributed by atoms with Gasteiger partial charge < -0.3 is 5.11 Å². The zero-order chi connectivity index (χ0) is 14.2. The number of carbonyl (C=O) groups is 1. The van der Waals surface area contributed by atoms with Gasteiger partial charge in [0.1, 0.15) is 17.1 Å². The van der Waals surface area contributed by atoms with Gasteiger partial charge in [-0.2, -0.15) is 18.3 Å². The van der Waals surface area contributed by atoms with E-state index in [2.05, 4.69) is 10.2 Å². The van der Waals surface area contributed by atoms with Gasteiger partial charge in [0, 0.05) is 5.56 Å². The lowest BCUT2D eigenvalue weighted by Gasteiger charge is -2.11. The van der Waals surface area contributed by atoms with Crippen LogP contribution in [0.15, 0.2) is 24.3 Å². The van der Waals surface area contributed by atoms with Gasteiger partial charge in [-0.05, 0) is 12.1 Å². The second-order valence-corrected chi connectivity index (χ2v) is 3.63. The molecule has 8 heteroatoms. The topological polar surface area (TPSA) is 66.0 Å². The molecule has 2 rings (SSSR count). The molecule has 0 saturated heterocycles. The average Bonchev–Trinajstić information content (AvgIpc) is 2.75. The van der Waals surface area contributed by atoms with E-state index < -0.39 is 29.1 Å². The number of aromatic carboxylic acids is 1. The SMILES string of the molecule is O=C(O)c1cc(-c2cccc(F)c2C(F)(F)F)n[nH]1. The van der Waals surface area contributed by atoms with Crippen LogP contribution in [0.1, 0.15) is 16.1 Å². The van der Waals surface area contributed by atoms with Gasteiger partial charge in [0.05, 0.1) is 5.69 Å². The quantitative estimate of drug-likeness (QED) is 0.827. The fourth-order valence-corrected chi connectivity index (χ4v) is 1.59. The number of nitrogens with zero attached hydrogens (tertiary/aromatic N) is 1. The molecule has 100 valence electrons. The van der Waals surface area contributed by atoms with E-state index in [1.165, 1.54) is 0 Å². The van der Waals surface area contributed by atoms with Crippen LogP contribution in [0.25, 0.3) is 11.3 Å². The van der Waals surface area contributed by atoms with E-state index in [-0.39, 0.29) is 11.4 Å². The first-order valence-corrected chi connectivity index (χ1v) is 4.95. The van der Waals surface area contributed by atoms with Crippen molar-refractivity contribution in [1.82, 2.24) is 10.2 Å². The molecule has 0 bridgehead atoms. The maximum absolute atomic E-state index is 13.3. The Labute approximate surface area is 103 Å². The summed E-state index contributed by atoms with van der Waals surface area (Å²) in [5.74, 6) is -2.81. The number of H-pyrrole nitrogens is 1. The molecule has 0 saturated carbocycles. The first-order valence-electron chi connectivity index (χ1n) is 4.95. The van der Waals surface area contributed by atoms with Crippen molar-refractivity contribution < 1.29 is 27.5 Å². The zero-order valence-electron chi connectivity index (χ0n) is 9.12. The normalized spacial score (nSPS) is 11.6. The molecule has 0 aliphatic carbocycles. The Morgan fingerprint density at radius 3 is 2.53 bits per heavy atom. The molecule has 2 N–H and O–H groups in total. The van der Waals surface area contributed by atoms with Crippen molar-refractivity contribution in [3.63, 3.8) is 0 Å². The van der Waals surface area contributed by atoms with Crippen LogP contribution in [0.2, 0.25) is 0 Å². The van der Waals surface area contributed by atoms with Crippen LogP contribution in [0.4, 0.5) is 17.6 Å². The summed E-state index contributed by atoms with van der Waals surface area (Å²) >= 11 is 0. The number of aromatic amines is 1. The van der Waals surface area contributed by atoms with E-state index in [1.54, 1.807) is 0 Å². The first kappa shape index (κ1) is 13.1. The number of nitrogens with one attached hydrogen (secondary N) is 1. The predicted molar refractivity (Wildman–Crippen MR) is 55.9 cm³/mol. The van der Waals surface area contributed by atoms with Gasteiger partial charge in [0.25, 0.3) is 0 Å². The van der Waals surface area contributed by atoms with Crippen molar-refractivity contribution in [2.45, 2.75) is 6.18 Å². The van der Waals surface area contributed by atoms with Gasteiger partial charge in [-0.3, -0.25) is 5.10 Å². The molecule has 0 amide bonds. The third-order valence-corrected chi connectivity index (χ3v) is 2.38. The Balaban J connectivity index is 2.62. The standard InChI is InChI=1S/C11H6F4N2O2/c12-6-3-1-2-5(9(6)11(13,14)15)7-4-8(10(18)19)17-16-7/h1-4H,(H,16,17)(H,18,19). The largest absolute Gasteiger partial charge is 0.477 e. The maximum atomic E-state index is 13.3. The van der Waals surface area contributed by atoms with Crippen molar-refractivity contribution in [3.8, 4) is 11.3 Å². The molecule has 0 aliphatic rings. The predicted octanol–water partition coefficient (Wildman–Crippen LogP) is 2.93. The summed E-state index contributed by atoms with van der Waals surface area (Å²) in [7, 11) is 0. The number of benzene rings is 1. The number of alkyl halides is 3. The minimum Gasteiger partial charge on any atom is -0.477 e. The van der Waals surface area contributed by atoms with Gasteiger partial charge in [-0.25, -0.2) is 9.18 Å². The number of carboxylic acids is 1. The van der Waals surface area contributed by atoms with E-state index in [1.807, 2.05) is 0 Å². The highest BCUT2D eigenvalue weighted by Crippen LogP contribution is 2.38. The molecule has 0 radical (unpaired) electrons. The van der Waals surface area contributed by atoms with Crippen LogP contribution in [-0.2, 0) is 6.18 Å². The van der Waals surface area contributed by atoms with Gasteiger partial charge in [0.15, 0.2) is 0 Å². The number of hydrogen-bond donors (Lipinski definition) is 2. The molecule has 1 aromatic heterocycles. The lowest BCUT2D eigenvalue weighted by Crippen LogP contribution is -2.10. The summed E-state index contributed by atoms with van der Waals surface area (Å²) in [5.41, 5.74) is -2.66. The minimum absolute atomic E-state index is 0.288. The van der Waals surface area contributed by atoms with Crippen molar-refractivity contribution >= 4 is 5.97 Å². The van der Waals surface area contributed by atoms with Crippen LogP contribution in [0, 0.1) is 5.82 Å². The van der Waals surface area contributed by atoms with Crippen molar-refractivity contribution in [3.05, 3.63) is 41.3 Å². The molecule has 2 aromatic rings. The molecule has 0 fully saturated rings. The van der Waals surface area contributed by atoms with E-state index in [0.29, 0.717) is 6.07 Å². The van der Waals surface area contributed by atoms with Crippen LogP contribution < -0.4 is 0 Å². The molecule has 19 heavy (non-hydrogen) atoms. The van der Waals surface area contributed by atoms with Crippen LogP contribution in [-0.4, -0.2) is 21.3 Å². The highest BCUT2D eigenvalue weighted by Gasteiger charge is 2.37. The molecular formula is C11H6F4N2O2. The molecular weight excluding hydrogens is 268 g/mol. The molecule has 0 aliphatic heterocycles. The Kier molecular flexibility index (Phi) is 3.01. The van der Waals surface area contributed by atoms with Gasteiger partial charge in [-0.1, -0.05) is 12.1 Å². The van der Waals surface area contributed by atoms with Gasteiger partial charge in [-0.15, -0.1) is 0 Å². The van der Waals surface area contributed by atoms with E-state index >= 15 is 0 Å². The Morgan fingerprint density at radius 1 is 1.32 bits per heavy atom. The number of halogens is 4. The molecule has 1 aromatic carbocycles. The Hall–Kier alpha value is -2.38. The van der Waals surface area contributed by atoms with Crippen LogP contribution in [0.3, 0.4) is 0 Å². The average molecular weight is 274 g/mol. The summed E-state index contributed by atoms with van der Waals surface area (Å²) in [6.07, 6.45) is -4.90. The van der Waals surface area contributed by atoms with Crippen molar-refractivity contribution in [2.75, 3.05) is 0 Å². The summed E-state index contributed by atoms with van der Waals surface area (Å²) in [4.78, 5) is 10.6. The minimum atomic E-state index is -4.90. The Bertz CT molecular complexity index is 634. The van der Waals surface area contributed by atoms with Crippen molar-refractivity contribution in [1.29, 1.82) is 0 Å². The monoisotopic (exact) mass is 274 g/mol. The Morgan fingerprint density at radius 2 is 2.00 bits per heavy atom. The highest BCUT2D eigenvalue weighted by molar-refractivity contribution is 5.87. The molecule has 0 unspecified atom stereocenters. The lowest BCUT2D eigenvalue weighted by molar-refractivity contribution is -0.139. The van der Waals surface area contributed by atoms with E-state index in [9.17, 15) is 22.4 Å². The third-order valence-electron chi connectivity index (χ3n) is 2.38. The molecule has 0 spiro atoms. The second kappa shape index (κ2) is 4.38. The first-order chi connectivity index (χ1) is 8.80.